The summed E-state index contributed by atoms with van der Waals surface area (Å²) in [5.74, 6) is 2.04. The molecule has 29 heavy (non-hydrogen) atoms. The van der Waals surface area contributed by atoms with E-state index in [2.05, 4.69) is 59.7 Å². The van der Waals surface area contributed by atoms with Crippen LogP contribution in [0.5, 0.6) is 0 Å². The number of benzene rings is 2. The number of hydrogen-bond donors (Lipinski definition) is 2. The first-order valence-corrected chi connectivity index (χ1v) is 10.5. The number of nitrogens with one attached hydrogen (secondary N) is 2. The molecule has 0 radical (unpaired) electrons. The first-order valence-electron chi connectivity index (χ1n) is 10.5. The van der Waals surface area contributed by atoms with Gasteiger partial charge in [-0.15, -0.1) is 0 Å². The molecule has 1 aliphatic heterocycles. The lowest BCUT2D eigenvalue weighted by Gasteiger charge is -2.39. The van der Waals surface area contributed by atoms with Crippen LogP contribution in [-0.4, -0.2) is 43.4 Å². The number of rotatable bonds is 5. The molecule has 1 amide bonds. The molecule has 1 fully saturated rings. The second kappa shape index (κ2) is 10.1. The third-order valence-electron chi connectivity index (χ3n) is 5.60. The Bertz CT molecular complexity index is 834. The van der Waals surface area contributed by atoms with Gasteiger partial charge in [-0.2, -0.15) is 0 Å². The van der Waals surface area contributed by atoms with Crippen LogP contribution in [-0.2, 0) is 6.54 Å². The van der Waals surface area contributed by atoms with Crippen LogP contribution in [0.1, 0.15) is 47.7 Å². The molecule has 1 aliphatic rings. The molecular weight excluding hydrogens is 360 g/mol. The van der Waals surface area contributed by atoms with Crippen LogP contribution in [0.15, 0.2) is 59.6 Å². The molecule has 2 atom stereocenters. The largest absolute Gasteiger partial charge is 0.357 e. The molecule has 2 unspecified atom stereocenters. The summed E-state index contributed by atoms with van der Waals surface area (Å²) >= 11 is 0. The number of likely N-dealkylation sites (tertiary alicyclic amines) is 1. The van der Waals surface area contributed by atoms with Gasteiger partial charge < -0.3 is 15.5 Å². The van der Waals surface area contributed by atoms with Crippen LogP contribution in [0.25, 0.3) is 0 Å². The Kier molecular flexibility index (Phi) is 7.28. The van der Waals surface area contributed by atoms with Crippen molar-refractivity contribution in [2.24, 2.45) is 10.9 Å². The van der Waals surface area contributed by atoms with Gasteiger partial charge in [0.05, 0.1) is 6.54 Å². The molecule has 5 heteroatoms. The molecule has 2 aromatic rings. The van der Waals surface area contributed by atoms with Crippen LogP contribution in [0.2, 0.25) is 0 Å². The number of carbonyl (C=O) groups excluding carboxylic acids is 1. The van der Waals surface area contributed by atoms with Gasteiger partial charge in [0, 0.05) is 32.2 Å². The average molecular weight is 393 g/mol. The summed E-state index contributed by atoms with van der Waals surface area (Å²) in [6, 6.07) is 18.5. The van der Waals surface area contributed by atoms with E-state index in [9.17, 15) is 4.79 Å². The van der Waals surface area contributed by atoms with Gasteiger partial charge in [-0.05, 0) is 48.4 Å². The highest BCUT2D eigenvalue weighted by molar-refractivity contribution is 5.94. The minimum atomic E-state index is -0.0699. The number of piperidine rings is 1. The van der Waals surface area contributed by atoms with E-state index in [-0.39, 0.29) is 5.91 Å². The van der Waals surface area contributed by atoms with E-state index in [0.717, 1.165) is 37.6 Å². The van der Waals surface area contributed by atoms with Crippen molar-refractivity contribution in [2.45, 2.75) is 32.7 Å². The minimum absolute atomic E-state index is 0.0699. The Labute approximate surface area is 174 Å². The average Bonchev–Trinajstić information content (AvgIpc) is 2.76. The zero-order valence-corrected chi connectivity index (χ0v) is 17.7. The molecule has 2 aromatic carbocycles. The van der Waals surface area contributed by atoms with Gasteiger partial charge in [-0.3, -0.25) is 4.79 Å². The maximum absolute atomic E-state index is 11.9. The van der Waals surface area contributed by atoms with Crippen LogP contribution in [0.3, 0.4) is 0 Å². The zero-order chi connectivity index (χ0) is 20.6. The fourth-order valence-corrected chi connectivity index (χ4v) is 4.08. The van der Waals surface area contributed by atoms with Gasteiger partial charge in [0.1, 0.15) is 0 Å². The number of aliphatic imine (C=N–C) groups is 1. The van der Waals surface area contributed by atoms with E-state index in [0.29, 0.717) is 23.9 Å². The van der Waals surface area contributed by atoms with Crippen LogP contribution < -0.4 is 10.6 Å². The Morgan fingerprint density at radius 3 is 2.66 bits per heavy atom. The Morgan fingerprint density at radius 1 is 1.17 bits per heavy atom. The van der Waals surface area contributed by atoms with Crippen LogP contribution in [0, 0.1) is 5.92 Å². The number of amides is 1. The lowest BCUT2D eigenvalue weighted by molar-refractivity contribution is 0.0963. The van der Waals surface area contributed by atoms with Gasteiger partial charge in [-0.25, -0.2) is 4.99 Å². The molecule has 0 spiro atoms. The minimum Gasteiger partial charge on any atom is -0.357 e. The molecular formula is C24H32N4O. The summed E-state index contributed by atoms with van der Waals surface area (Å²) in [4.78, 5) is 19.1. The highest BCUT2D eigenvalue weighted by Crippen LogP contribution is 2.32. The smallest absolute Gasteiger partial charge is 0.251 e. The quantitative estimate of drug-likeness (QED) is 0.603. The van der Waals surface area contributed by atoms with Crippen molar-refractivity contribution >= 4 is 11.9 Å². The van der Waals surface area contributed by atoms with E-state index >= 15 is 0 Å². The van der Waals surface area contributed by atoms with E-state index in [1.54, 1.807) is 7.05 Å². The summed E-state index contributed by atoms with van der Waals surface area (Å²) in [7, 11) is 1.65. The van der Waals surface area contributed by atoms with E-state index in [4.69, 9.17) is 4.99 Å². The molecule has 0 saturated carbocycles. The Hall–Kier alpha value is -2.82. The second-order valence-electron chi connectivity index (χ2n) is 7.68. The summed E-state index contributed by atoms with van der Waals surface area (Å²) in [6.07, 6.45) is 1.13. The highest BCUT2D eigenvalue weighted by Gasteiger charge is 2.28. The topological polar surface area (TPSA) is 56.7 Å². The zero-order valence-electron chi connectivity index (χ0n) is 17.7. The van der Waals surface area contributed by atoms with Crippen LogP contribution >= 0.6 is 0 Å². The second-order valence-corrected chi connectivity index (χ2v) is 7.68. The number of guanidine groups is 1. The predicted molar refractivity (Wildman–Crippen MR) is 119 cm³/mol. The first kappa shape index (κ1) is 20.9. The van der Waals surface area contributed by atoms with Gasteiger partial charge >= 0.3 is 0 Å². The molecule has 0 aromatic heterocycles. The number of nitrogens with zero attached hydrogens (tertiary/aromatic N) is 2. The molecule has 0 aliphatic carbocycles. The third-order valence-corrected chi connectivity index (χ3v) is 5.60. The first-order chi connectivity index (χ1) is 14.1. The fourth-order valence-electron chi connectivity index (χ4n) is 4.08. The fraction of sp³-hybridized carbons (Fsp3) is 0.417. The number of hydrogen-bond acceptors (Lipinski definition) is 2. The number of carbonyl (C=O) groups is 1. The van der Waals surface area contributed by atoms with Crippen molar-refractivity contribution in [1.29, 1.82) is 0 Å². The monoisotopic (exact) mass is 392 g/mol. The SMILES string of the molecule is CCNC(=NCc1cccc(C(=O)NC)c1)N1CCC(c2ccccc2)C(C)C1. The maximum Gasteiger partial charge on any atom is 0.251 e. The van der Waals surface area contributed by atoms with Gasteiger partial charge in [-0.1, -0.05) is 49.4 Å². The highest BCUT2D eigenvalue weighted by atomic mass is 16.1. The van der Waals surface area contributed by atoms with E-state index < -0.39 is 0 Å². The third kappa shape index (κ3) is 5.37. The van der Waals surface area contributed by atoms with Crippen molar-refractivity contribution in [1.82, 2.24) is 15.5 Å². The summed E-state index contributed by atoms with van der Waals surface area (Å²) < 4.78 is 0. The standard InChI is InChI=1S/C24H32N4O/c1-4-26-24(27-16-19-9-8-12-21(15-19)23(29)25-3)28-14-13-22(18(2)17-28)20-10-6-5-7-11-20/h5-12,15,18,22H,4,13-14,16-17H2,1-3H3,(H,25,29)(H,26,27). The van der Waals surface area contributed by atoms with Crippen molar-refractivity contribution in [2.75, 3.05) is 26.7 Å². The molecule has 2 N–H and O–H groups in total. The van der Waals surface area contributed by atoms with Gasteiger partial charge in [0.15, 0.2) is 5.96 Å². The molecule has 0 bridgehead atoms. The Balaban J connectivity index is 1.69. The van der Waals surface area contributed by atoms with Crippen molar-refractivity contribution in [3.63, 3.8) is 0 Å². The summed E-state index contributed by atoms with van der Waals surface area (Å²) in [5, 5.41) is 6.12. The van der Waals surface area contributed by atoms with Crippen molar-refractivity contribution in [3.05, 3.63) is 71.3 Å². The molecule has 1 heterocycles. The molecule has 1 saturated heterocycles. The van der Waals surface area contributed by atoms with Crippen molar-refractivity contribution < 1.29 is 4.79 Å². The molecule has 154 valence electrons. The molecule has 5 nitrogen and oxygen atoms in total. The summed E-state index contributed by atoms with van der Waals surface area (Å²) in [5.41, 5.74) is 3.14. The van der Waals surface area contributed by atoms with Gasteiger partial charge in [0.2, 0.25) is 0 Å². The van der Waals surface area contributed by atoms with E-state index in [1.807, 2.05) is 24.3 Å². The summed E-state index contributed by atoms with van der Waals surface area (Å²) in [6.45, 7) is 7.81. The lowest BCUT2D eigenvalue weighted by atomic mass is 9.82. The van der Waals surface area contributed by atoms with Crippen LogP contribution in [0.4, 0.5) is 0 Å². The predicted octanol–water partition coefficient (Wildman–Crippen LogP) is 3.64. The normalized spacial score (nSPS) is 19.7. The van der Waals surface area contributed by atoms with Gasteiger partial charge in [0.25, 0.3) is 5.91 Å². The van der Waals surface area contributed by atoms with Crippen molar-refractivity contribution in [3.8, 4) is 0 Å². The van der Waals surface area contributed by atoms with E-state index in [1.165, 1.54) is 5.56 Å². The lowest BCUT2D eigenvalue weighted by Crippen LogP contribution is -2.48. The molecule has 3 rings (SSSR count). The maximum atomic E-state index is 11.9. The Morgan fingerprint density at radius 2 is 1.97 bits per heavy atom.